The molecular weight excluding hydrogens is 390 g/mol. The predicted octanol–water partition coefficient (Wildman–Crippen LogP) is 3.74. The highest BCUT2D eigenvalue weighted by Gasteiger charge is 2.27. The molecule has 1 atom stereocenters. The van der Waals surface area contributed by atoms with Gasteiger partial charge in [-0.15, -0.1) is 0 Å². The van der Waals surface area contributed by atoms with Gasteiger partial charge in [0.15, 0.2) is 0 Å². The molecule has 0 bridgehead atoms. The van der Waals surface area contributed by atoms with Crippen molar-refractivity contribution in [1.82, 2.24) is 20.1 Å². The van der Waals surface area contributed by atoms with Gasteiger partial charge in [0.25, 0.3) is 5.91 Å². The number of para-hydroxylation sites is 1. The Kier molecular flexibility index (Phi) is 5.00. The van der Waals surface area contributed by atoms with Gasteiger partial charge >= 0.3 is 0 Å². The molecule has 2 aromatic carbocycles. The van der Waals surface area contributed by atoms with Crippen LogP contribution in [-0.2, 0) is 19.5 Å². The van der Waals surface area contributed by atoms with Crippen LogP contribution in [0.5, 0.6) is 0 Å². The molecule has 1 unspecified atom stereocenters. The molecule has 1 amide bonds. The number of anilines is 1. The lowest BCUT2D eigenvalue weighted by atomic mass is 10.1. The fraction of sp³-hybridized carbons (Fsp3) is 0.208. The van der Waals surface area contributed by atoms with E-state index in [4.69, 9.17) is 4.42 Å². The highest BCUT2D eigenvalue weighted by Crippen LogP contribution is 2.33. The molecule has 0 saturated carbocycles. The van der Waals surface area contributed by atoms with Gasteiger partial charge in [-0.1, -0.05) is 30.3 Å². The third kappa shape index (κ3) is 3.82. The zero-order valence-corrected chi connectivity index (χ0v) is 17.2. The van der Waals surface area contributed by atoms with Crippen LogP contribution in [-0.4, -0.2) is 26.7 Å². The Hall–Kier alpha value is -3.87. The highest BCUT2D eigenvalue weighted by molar-refractivity contribution is 5.95. The van der Waals surface area contributed by atoms with Crippen molar-refractivity contribution >= 4 is 11.6 Å². The summed E-state index contributed by atoms with van der Waals surface area (Å²) in [5, 5.41) is 7.12. The van der Waals surface area contributed by atoms with E-state index in [9.17, 15) is 4.79 Å². The lowest BCUT2D eigenvalue weighted by Gasteiger charge is -2.24. The van der Waals surface area contributed by atoms with E-state index in [2.05, 4.69) is 45.4 Å². The molecule has 1 aliphatic heterocycles. The molecule has 2 aromatic heterocycles. The summed E-state index contributed by atoms with van der Waals surface area (Å²) in [4.78, 5) is 19.1. The van der Waals surface area contributed by atoms with Gasteiger partial charge in [0.1, 0.15) is 18.4 Å². The Morgan fingerprint density at radius 3 is 2.81 bits per heavy atom. The molecule has 1 N–H and O–H groups in total. The Labute approximate surface area is 180 Å². The van der Waals surface area contributed by atoms with E-state index in [1.807, 2.05) is 30.3 Å². The number of furan rings is 1. The van der Waals surface area contributed by atoms with Crippen molar-refractivity contribution in [3.8, 4) is 5.69 Å². The van der Waals surface area contributed by atoms with E-state index < -0.39 is 0 Å². The number of amides is 1. The Balaban J connectivity index is 1.25. The summed E-state index contributed by atoms with van der Waals surface area (Å²) in [7, 11) is 0. The second-order valence-corrected chi connectivity index (χ2v) is 7.76. The maximum atomic E-state index is 12.8. The van der Waals surface area contributed by atoms with Crippen LogP contribution in [0.3, 0.4) is 0 Å². The van der Waals surface area contributed by atoms with Crippen molar-refractivity contribution in [2.75, 3.05) is 4.90 Å². The van der Waals surface area contributed by atoms with Crippen molar-refractivity contribution in [2.24, 2.45) is 0 Å². The van der Waals surface area contributed by atoms with Crippen molar-refractivity contribution in [1.29, 1.82) is 0 Å². The topological polar surface area (TPSA) is 76.2 Å². The maximum Gasteiger partial charge on any atom is 0.255 e. The number of hydrogen-bond donors (Lipinski definition) is 1. The van der Waals surface area contributed by atoms with Crippen LogP contribution < -0.4 is 10.2 Å². The smallest absolute Gasteiger partial charge is 0.255 e. The molecule has 0 radical (unpaired) electrons. The first kappa shape index (κ1) is 19.1. The van der Waals surface area contributed by atoms with Crippen LogP contribution in [0.2, 0.25) is 0 Å². The summed E-state index contributed by atoms with van der Waals surface area (Å²) in [6, 6.07) is 18.4. The normalized spacial score (nSPS) is 15.1. The molecule has 4 aromatic rings. The second kappa shape index (κ2) is 8.10. The van der Waals surface area contributed by atoms with Gasteiger partial charge in [0.2, 0.25) is 0 Å². The first-order valence-corrected chi connectivity index (χ1v) is 10.3. The molecule has 0 aliphatic carbocycles. The van der Waals surface area contributed by atoms with E-state index in [1.165, 1.54) is 17.6 Å². The van der Waals surface area contributed by atoms with E-state index >= 15 is 0 Å². The first-order valence-electron chi connectivity index (χ1n) is 10.3. The van der Waals surface area contributed by atoms with Crippen molar-refractivity contribution in [3.05, 3.63) is 96.0 Å². The zero-order chi connectivity index (χ0) is 21.2. The zero-order valence-electron chi connectivity index (χ0n) is 17.2. The number of nitrogens with zero attached hydrogens (tertiary/aromatic N) is 4. The molecule has 0 saturated heterocycles. The average Bonchev–Trinajstić information content (AvgIpc) is 3.54. The number of carbonyl (C=O) groups is 1. The van der Waals surface area contributed by atoms with Crippen molar-refractivity contribution < 1.29 is 9.21 Å². The molecular formula is C24H23N5O2. The minimum atomic E-state index is -0.135. The Morgan fingerprint density at radius 1 is 1.16 bits per heavy atom. The number of hydrogen-bond acceptors (Lipinski definition) is 5. The number of fused-ring (bicyclic) bond motifs is 1. The largest absolute Gasteiger partial charge is 0.467 e. The Morgan fingerprint density at radius 2 is 2.00 bits per heavy atom. The SMILES string of the molecule is CC1Cc2ccccc2N1Cc1occc1C(=O)NCc1ccc(-n2cncn2)cc1. The molecule has 0 fully saturated rings. The summed E-state index contributed by atoms with van der Waals surface area (Å²) < 4.78 is 7.39. The number of nitrogens with one attached hydrogen (secondary N) is 1. The summed E-state index contributed by atoms with van der Waals surface area (Å²) in [5.41, 5.74) is 5.05. The van der Waals surface area contributed by atoms with Gasteiger partial charge < -0.3 is 14.6 Å². The molecule has 0 spiro atoms. The molecule has 1 aliphatic rings. The molecule has 7 heteroatoms. The average molecular weight is 413 g/mol. The molecule has 31 heavy (non-hydrogen) atoms. The first-order chi connectivity index (χ1) is 15.2. The van der Waals surface area contributed by atoms with E-state index in [0.29, 0.717) is 30.5 Å². The molecule has 156 valence electrons. The van der Waals surface area contributed by atoms with Gasteiger partial charge in [-0.25, -0.2) is 9.67 Å². The monoisotopic (exact) mass is 413 g/mol. The van der Waals surface area contributed by atoms with Crippen LogP contribution in [0.1, 0.15) is 34.2 Å². The lowest BCUT2D eigenvalue weighted by molar-refractivity contribution is 0.0949. The number of rotatable bonds is 6. The van der Waals surface area contributed by atoms with Crippen LogP contribution >= 0.6 is 0 Å². The van der Waals surface area contributed by atoms with Gasteiger partial charge in [-0.05, 0) is 48.7 Å². The quantitative estimate of drug-likeness (QED) is 0.521. The summed E-state index contributed by atoms with van der Waals surface area (Å²) in [6.45, 7) is 3.20. The van der Waals surface area contributed by atoms with Gasteiger partial charge in [0, 0.05) is 18.3 Å². The van der Waals surface area contributed by atoms with Gasteiger partial charge in [-0.3, -0.25) is 4.79 Å². The Bertz CT molecular complexity index is 1180. The fourth-order valence-electron chi connectivity index (χ4n) is 4.08. The second-order valence-electron chi connectivity index (χ2n) is 7.76. The third-order valence-corrected chi connectivity index (χ3v) is 5.73. The lowest BCUT2D eigenvalue weighted by Crippen LogP contribution is -2.30. The van der Waals surface area contributed by atoms with Crippen molar-refractivity contribution in [3.63, 3.8) is 0 Å². The maximum absolute atomic E-state index is 12.8. The highest BCUT2D eigenvalue weighted by atomic mass is 16.3. The van der Waals surface area contributed by atoms with Gasteiger partial charge in [-0.2, -0.15) is 5.10 Å². The van der Waals surface area contributed by atoms with Crippen molar-refractivity contribution in [2.45, 2.75) is 32.5 Å². The van der Waals surface area contributed by atoms with Crippen LogP contribution in [0.15, 0.2) is 77.9 Å². The fourth-order valence-corrected chi connectivity index (χ4v) is 4.08. The third-order valence-electron chi connectivity index (χ3n) is 5.73. The van der Waals surface area contributed by atoms with Crippen LogP contribution in [0.25, 0.3) is 5.69 Å². The summed E-state index contributed by atoms with van der Waals surface area (Å²) in [5.74, 6) is 0.548. The predicted molar refractivity (Wildman–Crippen MR) is 117 cm³/mol. The number of aromatic nitrogens is 3. The number of carbonyl (C=O) groups excluding carboxylic acids is 1. The minimum absolute atomic E-state index is 0.135. The van der Waals surface area contributed by atoms with Crippen LogP contribution in [0, 0.1) is 0 Å². The number of benzene rings is 2. The molecule has 5 rings (SSSR count). The molecule has 3 heterocycles. The molecule has 7 nitrogen and oxygen atoms in total. The minimum Gasteiger partial charge on any atom is -0.467 e. The van der Waals surface area contributed by atoms with E-state index in [1.54, 1.807) is 23.3 Å². The summed E-state index contributed by atoms with van der Waals surface area (Å²) in [6.07, 6.45) is 5.74. The van der Waals surface area contributed by atoms with E-state index in [0.717, 1.165) is 17.7 Å². The standard InChI is InChI=1S/C24H23N5O2/c1-17-12-19-4-2-3-5-22(19)28(17)14-23-21(10-11-31-23)24(30)26-13-18-6-8-20(9-7-18)29-16-25-15-27-29/h2-11,15-17H,12-14H2,1H3,(H,26,30). The summed E-state index contributed by atoms with van der Waals surface area (Å²) >= 11 is 0. The van der Waals surface area contributed by atoms with E-state index in [-0.39, 0.29) is 5.91 Å². The van der Waals surface area contributed by atoms with Crippen LogP contribution in [0.4, 0.5) is 5.69 Å². The van der Waals surface area contributed by atoms with Gasteiger partial charge in [0.05, 0.1) is 24.1 Å².